The van der Waals surface area contributed by atoms with E-state index in [1.54, 1.807) is 0 Å². The molecule has 13 rings (SSSR count). The van der Waals surface area contributed by atoms with E-state index in [1.807, 2.05) is 103 Å². The zero-order valence-electron chi connectivity index (χ0n) is 36.6. The standard InChI is InChI=1S/C62H40N2O4/c1-5-13-45(14-6-1)63(47-25-29-53(30-26-47)65-51-17-9-3-10-18-51)49-23-21-41-35-55-57-39-58-56-36-42-22-24-50(34-44(42)38-60(56)68-62(58)40-61(57)67-59(55)37-43(41)33-49)64(46-15-7-2-8-16-46)48-27-31-54(32-28-48)66-52-19-11-4-12-20-52/h1-40H. The molecule has 0 radical (unpaired) electrons. The molecule has 0 amide bonds. The summed E-state index contributed by atoms with van der Waals surface area (Å²) in [5, 5.41) is 8.66. The Bertz CT molecular complexity index is 3690. The minimum Gasteiger partial charge on any atom is -0.457 e. The second-order valence-electron chi connectivity index (χ2n) is 17.0. The van der Waals surface area contributed by atoms with E-state index in [9.17, 15) is 0 Å². The Hall–Kier alpha value is -9.26. The fourth-order valence-corrected chi connectivity index (χ4v) is 9.41. The lowest BCUT2D eigenvalue weighted by Gasteiger charge is -2.26. The smallest absolute Gasteiger partial charge is 0.139 e. The quantitative estimate of drug-likeness (QED) is 0.136. The molecule has 6 heteroatoms. The first-order valence-corrected chi connectivity index (χ1v) is 22.7. The molecule has 0 aliphatic carbocycles. The Morgan fingerprint density at radius 3 is 0.971 bits per heavy atom. The lowest BCUT2D eigenvalue weighted by atomic mass is 10.0. The second kappa shape index (κ2) is 16.3. The van der Waals surface area contributed by atoms with Gasteiger partial charge in [0.15, 0.2) is 0 Å². The average Bonchev–Trinajstić information content (AvgIpc) is 3.92. The largest absolute Gasteiger partial charge is 0.457 e. The lowest BCUT2D eigenvalue weighted by Crippen LogP contribution is -2.09. The number of hydrogen-bond acceptors (Lipinski definition) is 6. The van der Waals surface area contributed by atoms with Gasteiger partial charge in [-0.1, -0.05) is 84.9 Å². The highest BCUT2D eigenvalue weighted by Crippen LogP contribution is 2.43. The van der Waals surface area contributed by atoms with E-state index in [4.69, 9.17) is 18.3 Å². The van der Waals surface area contributed by atoms with Crippen molar-refractivity contribution < 1.29 is 18.3 Å². The van der Waals surface area contributed by atoms with Crippen LogP contribution in [0.1, 0.15) is 0 Å². The van der Waals surface area contributed by atoms with Crippen molar-refractivity contribution in [1.82, 2.24) is 0 Å². The van der Waals surface area contributed by atoms with E-state index < -0.39 is 0 Å². The molecular formula is C62H40N2O4. The summed E-state index contributed by atoms with van der Waals surface area (Å²) >= 11 is 0. The van der Waals surface area contributed by atoms with Gasteiger partial charge in [0.25, 0.3) is 0 Å². The predicted molar refractivity (Wildman–Crippen MR) is 278 cm³/mol. The van der Waals surface area contributed by atoms with Crippen molar-refractivity contribution in [2.75, 3.05) is 9.80 Å². The number of furan rings is 2. The van der Waals surface area contributed by atoms with Crippen molar-refractivity contribution in [2.45, 2.75) is 0 Å². The highest BCUT2D eigenvalue weighted by atomic mass is 16.5. The van der Waals surface area contributed by atoms with Crippen molar-refractivity contribution in [2.24, 2.45) is 0 Å². The van der Waals surface area contributed by atoms with Crippen molar-refractivity contribution in [1.29, 1.82) is 0 Å². The topological polar surface area (TPSA) is 51.2 Å². The molecule has 0 spiro atoms. The number of hydrogen-bond donors (Lipinski definition) is 0. The van der Waals surface area contributed by atoms with Crippen LogP contribution in [0, 0.1) is 0 Å². The van der Waals surface area contributed by atoms with Gasteiger partial charge in [0.1, 0.15) is 45.3 Å². The fourth-order valence-electron chi connectivity index (χ4n) is 9.41. The van der Waals surface area contributed by atoms with Gasteiger partial charge >= 0.3 is 0 Å². The molecule has 11 aromatic carbocycles. The monoisotopic (exact) mass is 876 g/mol. The Morgan fingerprint density at radius 1 is 0.235 bits per heavy atom. The number of ether oxygens (including phenoxy) is 2. The Balaban J connectivity index is 0.840. The molecule has 13 aromatic rings. The molecule has 322 valence electrons. The molecule has 0 unspecified atom stereocenters. The number of anilines is 6. The predicted octanol–water partition coefficient (Wildman–Crippen LogP) is 18.3. The van der Waals surface area contributed by atoms with Crippen LogP contribution in [0.3, 0.4) is 0 Å². The van der Waals surface area contributed by atoms with Crippen LogP contribution in [0.15, 0.2) is 251 Å². The van der Waals surface area contributed by atoms with E-state index in [-0.39, 0.29) is 0 Å². The molecule has 0 aliphatic heterocycles. The van der Waals surface area contributed by atoms with Gasteiger partial charge in [-0.25, -0.2) is 0 Å². The summed E-state index contributed by atoms with van der Waals surface area (Å²) in [6, 6.07) is 83.3. The number of nitrogens with zero attached hydrogens (tertiary/aromatic N) is 2. The molecule has 2 heterocycles. The third-order valence-corrected chi connectivity index (χ3v) is 12.6. The highest BCUT2D eigenvalue weighted by molar-refractivity contribution is 6.18. The first-order chi connectivity index (χ1) is 33.6. The van der Waals surface area contributed by atoms with E-state index in [0.29, 0.717) is 0 Å². The second-order valence-corrected chi connectivity index (χ2v) is 17.0. The Labute approximate surface area is 391 Å². The molecule has 0 saturated carbocycles. The number of fused-ring (bicyclic) bond motifs is 8. The van der Waals surface area contributed by atoms with E-state index in [0.717, 1.165) is 123 Å². The molecule has 0 bridgehead atoms. The highest BCUT2D eigenvalue weighted by Gasteiger charge is 2.19. The summed E-state index contributed by atoms with van der Waals surface area (Å²) in [5.41, 5.74) is 9.47. The van der Waals surface area contributed by atoms with Gasteiger partial charge in [0.2, 0.25) is 0 Å². The van der Waals surface area contributed by atoms with Crippen LogP contribution >= 0.6 is 0 Å². The summed E-state index contributed by atoms with van der Waals surface area (Å²) in [6.07, 6.45) is 0. The van der Waals surface area contributed by atoms with Gasteiger partial charge in [0, 0.05) is 61.7 Å². The minimum atomic E-state index is 0.779. The molecule has 2 aromatic heterocycles. The van der Waals surface area contributed by atoms with Crippen LogP contribution in [0.2, 0.25) is 0 Å². The minimum absolute atomic E-state index is 0.779. The molecule has 0 atom stereocenters. The summed E-state index contributed by atoms with van der Waals surface area (Å²) in [7, 11) is 0. The molecule has 0 saturated heterocycles. The molecule has 0 aliphatic rings. The SMILES string of the molecule is c1ccc(Oc2ccc(N(c3ccccc3)c3ccc4cc5c(cc4c3)oc3cc4oc6cc7cc(N(c8ccccc8)c8ccc(Oc9ccccc9)cc8)ccc7cc6c4cc35)cc2)cc1. The first kappa shape index (κ1) is 39.1. The normalized spacial score (nSPS) is 11.5. The van der Waals surface area contributed by atoms with E-state index in [1.165, 1.54) is 0 Å². The first-order valence-electron chi connectivity index (χ1n) is 22.7. The third kappa shape index (κ3) is 7.18. The van der Waals surface area contributed by atoms with E-state index >= 15 is 0 Å². The van der Waals surface area contributed by atoms with Gasteiger partial charge in [-0.05, 0) is 173 Å². The maximum Gasteiger partial charge on any atom is 0.139 e. The number of benzene rings is 11. The Morgan fingerprint density at radius 2 is 0.559 bits per heavy atom. The van der Waals surface area contributed by atoms with Crippen LogP contribution in [-0.4, -0.2) is 0 Å². The van der Waals surface area contributed by atoms with Crippen LogP contribution in [-0.2, 0) is 0 Å². The average molecular weight is 877 g/mol. The molecule has 0 N–H and O–H groups in total. The maximum absolute atomic E-state index is 6.64. The summed E-state index contributed by atoms with van der Waals surface area (Å²) in [4.78, 5) is 4.53. The lowest BCUT2D eigenvalue weighted by molar-refractivity contribution is 0.482. The van der Waals surface area contributed by atoms with Gasteiger partial charge in [-0.15, -0.1) is 0 Å². The van der Waals surface area contributed by atoms with Gasteiger partial charge < -0.3 is 28.1 Å². The summed E-state index contributed by atoms with van der Waals surface area (Å²) in [5.74, 6) is 3.16. The van der Waals surface area contributed by atoms with Crippen LogP contribution in [0.4, 0.5) is 34.1 Å². The summed E-state index contributed by atoms with van der Waals surface area (Å²) < 4.78 is 25.5. The van der Waals surface area contributed by atoms with Crippen LogP contribution < -0.4 is 19.3 Å². The Kier molecular flexibility index (Phi) is 9.39. The van der Waals surface area contributed by atoms with Crippen molar-refractivity contribution in [3.8, 4) is 23.0 Å². The third-order valence-electron chi connectivity index (χ3n) is 12.6. The summed E-state index contributed by atoms with van der Waals surface area (Å²) in [6.45, 7) is 0. The number of rotatable bonds is 10. The molecule has 68 heavy (non-hydrogen) atoms. The number of para-hydroxylation sites is 4. The zero-order valence-corrected chi connectivity index (χ0v) is 36.6. The fraction of sp³-hybridized carbons (Fsp3) is 0. The van der Waals surface area contributed by atoms with Crippen molar-refractivity contribution in [3.05, 3.63) is 243 Å². The van der Waals surface area contributed by atoms with Gasteiger partial charge in [-0.2, -0.15) is 0 Å². The molecule has 0 fully saturated rings. The molecular weight excluding hydrogens is 837 g/mol. The maximum atomic E-state index is 6.64. The van der Waals surface area contributed by atoms with Crippen molar-refractivity contribution in [3.63, 3.8) is 0 Å². The van der Waals surface area contributed by atoms with Gasteiger partial charge in [-0.3, -0.25) is 0 Å². The van der Waals surface area contributed by atoms with Gasteiger partial charge in [0.05, 0.1) is 0 Å². The van der Waals surface area contributed by atoms with Crippen LogP contribution in [0.25, 0.3) is 65.4 Å². The molecule has 6 nitrogen and oxygen atoms in total. The van der Waals surface area contributed by atoms with Crippen molar-refractivity contribution >= 4 is 99.5 Å². The van der Waals surface area contributed by atoms with E-state index in [2.05, 4.69) is 149 Å². The zero-order chi connectivity index (χ0) is 45.0. The van der Waals surface area contributed by atoms with Crippen LogP contribution in [0.5, 0.6) is 23.0 Å².